The standard InChI is InChI=1S/C15H9FN2O4.C2H6/c16-13-7-10(18(21)22)6-5-9(13)8-17-14(19)11-3-1-2-4-12(11)15(17)20;1-2/h1-7H,8H2;1-2H3. The molecule has 2 aromatic carbocycles. The molecular weight excluding hydrogens is 315 g/mol. The molecule has 7 heteroatoms. The van der Waals surface area contributed by atoms with Gasteiger partial charge in [0.05, 0.1) is 28.7 Å². The topological polar surface area (TPSA) is 80.5 Å². The number of fused-ring (bicyclic) bond motifs is 1. The third kappa shape index (κ3) is 3.01. The second kappa shape index (κ2) is 6.99. The van der Waals surface area contributed by atoms with Crippen molar-refractivity contribution in [2.24, 2.45) is 0 Å². The van der Waals surface area contributed by atoms with Gasteiger partial charge in [0.2, 0.25) is 0 Å². The number of halogens is 1. The molecule has 2 aromatic rings. The third-order valence-electron chi connectivity index (χ3n) is 3.45. The Labute approximate surface area is 137 Å². The summed E-state index contributed by atoms with van der Waals surface area (Å²) < 4.78 is 13.9. The molecule has 0 saturated carbocycles. The van der Waals surface area contributed by atoms with Crippen molar-refractivity contribution in [1.29, 1.82) is 0 Å². The van der Waals surface area contributed by atoms with Crippen molar-refractivity contribution in [2.45, 2.75) is 20.4 Å². The molecule has 0 spiro atoms. The van der Waals surface area contributed by atoms with E-state index >= 15 is 0 Å². The molecule has 1 heterocycles. The molecule has 24 heavy (non-hydrogen) atoms. The van der Waals surface area contributed by atoms with E-state index in [9.17, 15) is 24.1 Å². The molecular formula is C17H15FN2O4. The van der Waals surface area contributed by atoms with Gasteiger partial charge in [-0.15, -0.1) is 0 Å². The maximum atomic E-state index is 13.9. The summed E-state index contributed by atoms with van der Waals surface area (Å²) in [5.41, 5.74) is 0.202. The Kier molecular flexibility index (Phi) is 5.03. The minimum Gasteiger partial charge on any atom is -0.270 e. The van der Waals surface area contributed by atoms with Crippen molar-refractivity contribution >= 4 is 17.5 Å². The Morgan fingerprint density at radius 3 is 2.04 bits per heavy atom. The second-order valence-electron chi connectivity index (χ2n) is 4.77. The highest BCUT2D eigenvalue weighted by molar-refractivity contribution is 6.21. The third-order valence-corrected chi connectivity index (χ3v) is 3.45. The van der Waals surface area contributed by atoms with Crippen molar-refractivity contribution in [2.75, 3.05) is 0 Å². The van der Waals surface area contributed by atoms with Gasteiger partial charge in [-0.1, -0.05) is 26.0 Å². The van der Waals surface area contributed by atoms with E-state index in [0.29, 0.717) is 0 Å². The lowest BCUT2D eigenvalue weighted by atomic mass is 10.1. The van der Waals surface area contributed by atoms with E-state index < -0.39 is 22.6 Å². The normalized spacial score (nSPS) is 12.5. The highest BCUT2D eigenvalue weighted by atomic mass is 19.1. The van der Waals surface area contributed by atoms with Crippen molar-refractivity contribution in [1.82, 2.24) is 4.90 Å². The number of rotatable bonds is 3. The summed E-state index contributed by atoms with van der Waals surface area (Å²) in [5, 5.41) is 10.6. The predicted molar refractivity (Wildman–Crippen MR) is 85.0 cm³/mol. The van der Waals surface area contributed by atoms with Gasteiger partial charge in [0.25, 0.3) is 17.5 Å². The number of hydrogen-bond acceptors (Lipinski definition) is 4. The average molecular weight is 330 g/mol. The van der Waals surface area contributed by atoms with Crippen LogP contribution in [-0.2, 0) is 6.54 Å². The van der Waals surface area contributed by atoms with Gasteiger partial charge in [-0.05, 0) is 18.2 Å². The number of amides is 2. The molecule has 1 aliphatic heterocycles. The largest absolute Gasteiger partial charge is 0.272 e. The van der Waals surface area contributed by atoms with Crippen LogP contribution in [-0.4, -0.2) is 21.6 Å². The average Bonchev–Trinajstić information content (AvgIpc) is 2.83. The maximum absolute atomic E-state index is 13.9. The SMILES string of the molecule is CC.O=C1c2ccccc2C(=O)N1Cc1ccc([N+](=O)[O-])cc1F. The van der Waals surface area contributed by atoms with Crippen LogP contribution in [0.1, 0.15) is 40.1 Å². The van der Waals surface area contributed by atoms with Gasteiger partial charge >= 0.3 is 0 Å². The maximum Gasteiger partial charge on any atom is 0.272 e. The summed E-state index contributed by atoms with van der Waals surface area (Å²) in [7, 11) is 0. The monoisotopic (exact) mass is 330 g/mol. The molecule has 0 aromatic heterocycles. The van der Waals surface area contributed by atoms with Gasteiger partial charge in [-0.2, -0.15) is 0 Å². The van der Waals surface area contributed by atoms with Crippen LogP contribution < -0.4 is 0 Å². The van der Waals surface area contributed by atoms with Crippen LogP contribution in [0.25, 0.3) is 0 Å². The van der Waals surface area contributed by atoms with E-state index in [1.165, 1.54) is 18.2 Å². The zero-order valence-electron chi connectivity index (χ0n) is 13.2. The van der Waals surface area contributed by atoms with Crippen LogP contribution in [0, 0.1) is 15.9 Å². The zero-order valence-corrected chi connectivity index (χ0v) is 13.2. The van der Waals surface area contributed by atoms with E-state index in [2.05, 4.69) is 0 Å². The Morgan fingerprint density at radius 2 is 1.58 bits per heavy atom. The van der Waals surface area contributed by atoms with Crippen molar-refractivity contribution in [3.8, 4) is 0 Å². The Balaban J connectivity index is 0.00000100. The quantitative estimate of drug-likeness (QED) is 0.489. The van der Waals surface area contributed by atoms with E-state index in [1.807, 2.05) is 13.8 Å². The van der Waals surface area contributed by atoms with E-state index in [-0.39, 0.29) is 28.9 Å². The summed E-state index contributed by atoms with van der Waals surface area (Å²) in [4.78, 5) is 35.1. The Hall–Kier alpha value is -3.09. The summed E-state index contributed by atoms with van der Waals surface area (Å²) in [6.45, 7) is 3.73. The number of nitrogens with zero attached hydrogens (tertiary/aromatic N) is 2. The second-order valence-corrected chi connectivity index (χ2v) is 4.77. The molecule has 0 atom stereocenters. The lowest BCUT2D eigenvalue weighted by Crippen LogP contribution is -2.29. The van der Waals surface area contributed by atoms with Gasteiger partial charge in [0.1, 0.15) is 5.82 Å². The molecule has 0 radical (unpaired) electrons. The molecule has 0 unspecified atom stereocenters. The zero-order chi connectivity index (χ0) is 17.9. The Morgan fingerprint density at radius 1 is 1.04 bits per heavy atom. The number of carbonyl (C=O) groups excluding carboxylic acids is 2. The van der Waals surface area contributed by atoms with Crippen LogP contribution in [0.3, 0.4) is 0 Å². The van der Waals surface area contributed by atoms with Crippen molar-refractivity contribution in [3.05, 3.63) is 75.1 Å². The van der Waals surface area contributed by atoms with Crippen molar-refractivity contribution in [3.63, 3.8) is 0 Å². The van der Waals surface area contributed by atoms with Gasteiger partial charge in [0.15, 0.2) is 0 Å². The molecule has 2 amide bonds. The first kappa shape index (κ1) is 17.3. The number of non-ortho nitro benzene ring substituents is 1. The fourth-order valence-electron chi connectivity index (χ4n) is 2.33. The summed E-state index contributed by atoms with van der Waals surface area (Å²) >= 11 is 0. The lowest BCUT2D eigenvalue weighted by Gasteiger charge is -2.14. The first-order valence-electron chi connectivity index (χ1n) is 7.37. The molecule has 0 fully saturated rings. The van der Waals surface area contributed by atoms with E-state index in [1.54, 1.807) is 12.1 Å². The first-order chi connectivity index (χ1) is 11.5. The molecule has 0 N–H and O–H groups in total. The summed E-state index contributed by atoms with van der Waals surface area (Å²) in [6, 6.07) is 9.45. The number of carbonyl (C=O) groups is 2. The summed E-state index contributed by atoms with van der Waals surface area (Å²) in [6.07, 6.45) is 0. The molecule has 124 valence electrons. The van der Waals surface area contributed by atoms with Gasteiger partial charge in [-0.25, -0.2) is 4.39 Å². The van der Waals surface area contributed by atoms with Gasteiger partial charge in [-0.3, -0.25) is 24.6 Å². The van der Waals surface area contributed by atoms with Crippen LogP contribution in [0.4, 0.5) is 10.1 Å². The fourth-order valence-corrected chi connectivity index (χ4v) is 2.33. The smallest absolute Gasteiger partial charge is 0.270 e. The Bertz CT molecular complexity index is 785. The molecule has 3 rings (SSSR count). The fraction of sp³-hybridized carbons (Fsp3) is 0.176. The lowest BCUT2D eigenvalue weighted by molar-refractivity contribution is -0.385. The van der Waals surface area contributed by atoms with Crippen molar-refractivity contribution < 1.29 is 18.9 Å². The minimum atomic E-state index is -0.828. The van der Waals surface area contributed by atoms with Crippen LogP contribution in [0.15, 0.2) is 42.5 Å². The minimum absolute atomic E-state index is 0.0418. The first-order valence-corrected chi connectivity index (χ1v) is 7.37. The molecule has 0 aliphatic carbocycles. The number of hydrogen-bond donors (Lipinski definition) is 0. The van der Waals surface area contributed by atoms with Gasteiger partial charge < -0.3 is 0 Å². The van der Waals surface area contributed by atoms with Crippen LogP contribution >= 0.6 is 0 Å². The molecule has 0 saturated heterocycles. The molecule has 1 aliphatic rings. The number of nitro groups is 1. The van der Waals surface area contributed by atoms with E-state index in [4.69, 9.17) is 0 Å². The number of nitro benzene ring substituents is 1. The number of benzene rings is 2. The highest BCUT2D eigenvalue weighted by Crippen LogP contribution is 2.25. The van der Waals surface area contributed by atoms with Crippen LogP contribution in [0.5, 0.6) is 0 Å². The number of imide groups is 1. The van der Waals surface area contributed by atoms with Gasteiger partial charge in [0, 0.05) is 11.6 Å². The van der Waals surface area contributed by atoms with Crippen LogP contribution in [0.2, 0.25) is 0 Å². The van der Waals surface area contributed by atoms with E-state index in [0.717, 1.165) is 17.0 Å². The highest BCUT2D eigenvalue weighted by Gasteiger charge is 2.35. The predicted octanol–water partition coefficient (Wildman–Crippen LogP) is 3.56. The molecule has 0 bridgehead atoms. The summed E-state index contributed by atoms with van der Waals surface area (Å²) in [5.74, 6) is -1.83. The molecule has 6 nitrogen and oxygen atoms in total.